The summed E-state index contributed by atoms with van der Waals surface area (Å²) in [4.78, 5) is 11.9. The summed E-state index contributed by atoms with van der Waals surface area (Å²) in [6, 6.07) is 9.48. The first-order chi connectivity index (χ1) is 11.2. The van der Waals surface area contributed by atoms with Gasteiger partial charge in [-0.3, -0.25) is 9.48 Å². The Morgan fingerprint density at radius 3 is 2.70 bits per heavy atom. The largest absolute Gasteiger partial charge is 0.508 e. The van der Waals surface area contributed by atoms with Crippen LogP contribution in [0.4, 0.5) is 0 Å². The third-order valence-electron chi connectivity index (χ3n) is 4.41. The van der Waals surface area contributed by atoms with E-state index in [1.807, 2.05) is 29.1 Å². The fourth-order valence-corrected chi connectivity index (χ4v) is 3.04. The summed E-state index contributed by atoms with van der Waals surface area (Å²) in [6.45, 7) is 0.480. The second-order valence-corrected chi connectivity index (χ2v) is 6.17. The van der Waals surface area contributed by atoms with E-state index in [4.69, 9.17) is 0 Å². The van der Waals surface area contributed by atoms with Crippen LogP contribution in [0.25, 0.3) is 0 Å². The maximum atomic E-state index is 11.9. The molecule has 0 aliphatic heterocycles. The van der Waals surface area contributed by atoms with Crippen molar-refractivity contribution in [2.75, 3.05) is 0 Å². The van der Waals surface area contributed by atoms with Crippen LogP contribution < -0.4 is 5.32 Å². The van der Waals surface area contributed by atoms with Crippen LogP contribution in [0.2, 0.25) is 0 Å². The van der Waals surface area contributed by atoms with Crippen molar-refractivity contribution in [2.45, 2.75) is 51.1 Å². The highest BCUT2D eigenvalue weighted by Gasteiger charge is 2.17. The molecular formula is C18H23N3O2. The molecule has 0 spiro atoms. The number of phenolic OH excluding ortho intramolecular Hbond substituents is 1. The highest BCUT2D eigenvalue weighted by atomic mass is 16.3. The molecule has 1 heterocycles. The Morgan fingerprint density at radius 1 is 1.22 bits per heavy atom. The van der Waals surface area contributed by atoms with Crippen LogP contribution in [0, 0.1) is 0 Å². The molecule has 3 rings (SSSR count). The smallest absolute Gasteiger partial charge is 0.220 e. The van der Waals surface area contributed by atoms with Gasteiger partial charge in [0.15, 0.2) is 0 Å². The van der Waals surface area contributed by atoms with E-state index in [2.05, 4.69) is 10.4 Å². The number of hydrogen-bond acceptors (Lipinski definition) is 3. The third kappa shape index (κ3) is 4.34. The lowest BCUT2D eigenvalue weighted by atomic mass is 10.1. The van der Waals surface area contributed by atoms with Crippen molar-refractivity contribution >= 4 is 5.91 Å². The Morgan fingerprint density at radius 2 is 1.96 bits per heavy atom. The molecule has 0 radical (unpaired) electrons. The number of amides is 1. The van der Waals surface area contributed by atoms with Gasteiger partial charge in [-0.25, -0.2) is 0 Å². The summed E-state index contributed by atoms with van der Waals surface area (Å²) in [7, 11) is 0. The number of carbonyl (C=O) groups excluding carboxylic acids is 1. The van der Waals surface area contributed by atoms with Crippen molar-refractivity contribution in [1.82, 2.24) is 15.1 Å². The SMILES string of the molecule is O=C(CCc1ccc(O)cc1)NCc1ccn(C2CCCC2)n1. The van der Waals surface area contributed by atoms with E-state index in [1.54, 1.807) is 12.1 Å². The maximum absolute atomic E-state index is 11.9. The molecule has 1 amide bonds. The zero-order valence-corrected chi connectivity index (χ0v) is 13.2. The fraction of sp³-hybridized carbons (Fsp3) is 0.444. The van der Waals surface area contributed by atoms with Crippen LogP contribution in [-0.2, 0) is 17.8 Å². The van der Waals surface area contributed by atoms with E-state index in [0.717, 1.165) is 11.3 Å². The van der Waals surface area contributed by atoms with E-state index >= 15 is 0 Å². The average Bonchev–Trinajstić information content (AvgIpc) is 3.23. The molecule has 5 heteroatoms. The number of rotatable bonds is 6. The minimum absolute atomic E-state index is 0.0218. The van der Waals surface area contributed by atoms with Gasteiger partial charge in [-0.05, 0) is 43.0 Å². The Hall–Kier alpha value is -2.30. The quantitative estimate of drug-likeness (QED) is 0.861. The van der Waals surface area contributed by atoms with Crippen molar-refractivity contribution in [3.05, 3.63) is 47.8 Å². The molecule has 2 aromatic rings. The molecule has 122 valence electrons. The molecule has 23 heavy (non-hydrogen) atoms. The minimum atomic E-state index is 0.0218. The molecule has 0 bridgehead atoms. The molecule has 1 saturated carbocycles. The Kier molecular flexibility index (Phi) is 4.95. The van der Waals surface area contributed by atoms with E-state index in [-0.39, 0.29) is 11.7 Å². The highest BCUT2D eigenvalue weighted by molar-refractivity contribution is 5.76. The van der Waals surface area contributed by atoms with Gasteiger partial charge in [0.2, 0.25) is 5.91 Å². The molecule has 1 aliphatic rings. The van der Waals surface area contributed by atoms with E-state index in [0.29, 0.717) is 25.4 Å². The summed E-state index contributed by atoms with van der Waals surface area (Å²) >= 11 is 0. The van der Waals surface area contributed by atoms with Crippen LogP contribution >= 0.6 is 0 Å². The predicted molar refractivity (Wildman–Crippen MR) is 88.0 cm³/mol. The van der Waals surface area contributed by atoms with Gasteiger partial charge in [0.1, 0.15) is 5.75 Å². The van der Waals surface area contributed by atoms with Crippen LogP contribution in [0.5, 0.6) is 5.75 Å². The fourth-order valence-electron chi connectivity index (χ4n) is 3.04. The summed E-state index contributed by atoms with van der Waals surface area (Å²) in [5.41, 5.74) is 1.96. The number of carbonyl (C=O) groups is 1. The van der Waals surface area contributed by atoms with Gasteiger partial charge < -0.3 is 10.4 Å². The van der Waals surface area contributed by atoms with Crippen LogP contribution in [0.15, 0.2) is 36.5 Å². The molecule has 5 nitrogen and oxygen atoms in total. The first kappa shape index (κ1) is 15.6. The van der Waals surface area contributed by atoms with Gasteiger partial charge in [-0.15, -0.1) is 0 Å². The first-order valence-electron chi connectivity index (χ1n) is 8.29. The Bertz CT molecular complexity index is 643. The van der Waals surface area contributed by atoms with Crippen LogP contribution in [0.1, 0.15) is 49.4 Å². The van der Waals surface area contributed by atoms with E-state index in [9.17, 15) is 9.90 Å². The lowest BCUT2D eigenvalue weighted by Crippen LogP contribution is -2.23. The molecule has 1 fully saturated rings. The number of aromatic nitrogens is 2. The molecule has 0 unspecified atom stereocenters. The number of hydrogen-bond donors (Lipinski definition) is 2. The Labute approximate surface area is 136 Å². The molecule has 2 N–H and O–H groups in total. The monoisotopic (exact) mass is 313 g/mol. The first-order valence-corrected chi connectivity index (χ1v) is 8.29. The summed E-state index contributed by atoms with van der Waals surface area (Å²) < 4.78 is 2.05. The van der Waals surface area contributed by atoms with E-state index < -0.39 is 0 Å². The van der Waals surface area contributed by atoms with Crippen LogP contribution in [0.3, 0.4) is 0 Å². The van der Waals surface area contributed by atoms with Gasteiger partial charge in [-0.2, -0.15) is 5.10 Å². The van der Waals surface area contributed by atoms with Gasteiger partial charge in [0.25, 0.3) is 0 Å². The molecular weight excluding hydrogens is 290 g/mol. The summed E-state index contributed by atoms with van der Waals surface area (Å²) in [5, 5.41) is 16.7. The topological polar surface area (TPSA) is 67.2 Å². The lowest BCUT2D eigenvalue weighted by Gasteiger charge is -2.09. The highest BCUT2D eigenvalue weighted by Crippen LogP contribution is 2.28. The summed E-state index contributed by atoms with van der Waals surface area (Å²) in [5.74, 6) is 0.268. The number of aryl methyl sites for hydroxylation is 1. The van der Waals surface area contributed by atoms with Crippen molar-refractivity contribution in [3.63, 3.8) is 0 Å². The van der Waals surface area contributed by atoms with Crippen LogP contribution in [-0.4, -0.2) is 20.8 Å². The summed E-state index contributed by atoms with van der Waals surface area (Å²) in [6.07, 6.45) is 8.12. The van der Waals surface area contributed by atoms with Crippen molar-refractivity contribution < 1.29 is 9.90 Å². The maximum Gasteiger partial charge on any atom is 0.220 e. The third-order valence-corrected chi connectivity index (χ3v) is 4.41. The normalized spacial score (nSPS) is 15.0. The number of aromatic hydroxyl groups is 1. The zero-order chi connectivity index (χ0) is 16.1. The number of benzene rings is 1. The number of nitrogens with one attached hydrogen (secondary N) is 1. The Balaban J connectivity index is 1.42. The van der Waals surface area contributed by atoms with Crippen molar-refractivity contribution in [2.24, 2.45) is 0 Å². The lowest BCUT2D eigenvalue weighted by molar-refractivity contribution is -0.121. The predicted octanol–water partition coefficient (Wildman–Crippen LogP) is 2.95. The van der Waals surface area contributed by atoms with Crippen molar-refractivity contribution in [1.29, 1.82) is 0 Å². The standard InChI is InChI=1S/C18H23N3O2/c22-17-8-5-14(6-9-17)7-10-18(23)19-13-15-11-12-21(20-15)16-3-1-2-4-16/h5-6,8-9,11-12,16,22H,1-4,7,10,13H2,(H,19,23). The number of phenols is 1. The van der Waals surface area contributed by atoms with Gasteiger partial charge >= 0.3 is 0 Å². The average molecular weight is 313 g/mol. The van der Waals surface area contributed by atoms with Crippen molar-refractivity contribution in [3.8, 4) is 5.75 Å². The van der Waals surface area contributed by atoms with Gasteiger partial charge in [0, 0.05) is 12.6 Å². The van der Waals surface area contributed by atoms with Gasteiger partial charge in [0.05, 0.1) is 18.3 Å². The second kappa shape index (κ2) is 7.31. The molecule has 0 atom stereocenters. The molecule has 1 aliphatic carbocycles. The van der Waals surface area contributed by atoms with Gasteiger partial charge in [-0.1, -0.05) is 25.0 Å². The number of nitrogens with zero attached hydrogens (tertiary/aromatic N) is 2. The molecule has 0 saturated heterocycles. The minimum Gasteiger partial charge on any atom is -0.508 e. The van der Waals surface area contributed by atoms with E-state index in [1.165, 1.54) is 25.7 Å². The second-order valence-electron chi connectivity index (χ2n) is 6.17. The zero-order valence-electron chi connectivity index (χ0n) is 13.2. The molecule has 1 aromatic carbocycles. The molecule has 1 aromatic heterocycles.